The molecule has 0 radical (unpaired) electrons. The van der Waals surface area contributed by atoms with Crippen molar-refractivity contribution in [1.29, 1.82) is 0 Å². The fourth-order valence-electron chi connectivity index (χ4n) is 1.47. The summed E-state index contributed by atoms with van der Waals surface area (Å²) in [4.78, 5) is 0. The van der Waals surface area contributed by atoms with Gasteiger partial charge >= 0.3 is 113 Å². The molecule has 0 saturated carbocycles. The first-order valence-corrected chi connectivity index (χ1v) is 10.8. The van der Waals surface area contributed by atoms with Gasteiger partial charge in [0.15, 0.2) is 0 Å². The van der Waals surface area contributed by atoms with Crippen molar-refractivity contribution >= 4 is 8.32 Å². The summed E-state index contributed by atoms with van der Waals surface area (Å²) in [5.74, 6) is -4.78. The van der Waals surface area contributed by atoms with E-state index in [9.17, 15) is 22.0 Å². The van der Waals surface area contributed by atoms with Crippen LogP contribution in [-0.2, 0) is 24.7 Å². The Morgan fingerprint density at radius 3 is 1.72 bits per heavy atom. The van der Waals surface area contributed by atoms with Crippen LogP contribution in [0.25, 0.3) is 0 Å². The van der Waals surface area contributed by atoms with Crippen molar-refractivity contribution < 1.29 is 46.6 Å². The van der Waals surface area contributed by atoms with Crippen LogP contribution in [0.4, 0.5) is 22.0 Å². The summed E-state index contributed by atoms with van der Waals surface area (Å²) in [6, 6.07) is 2.47. The molecule has 2 nitrogen and oxygen atoms in total. The van der Waals surface area contributed by atoms with E-state index in [0.717, 1.165) is 18.1 Å². The molecule has 0 spiro atoms. The van der Waals surface area contributed by atoms with Crippen LogP contribution in [-0.4, -0.2) is 27.0 Å². The zero-order valence-electron chi connectivity index (χ0n) is 10.7. The molecule has 0 aromatic carbocycles. The van der Waals surface area contributed by atoms with Crippen molar-refractivity contribution in [2.75, 3.05) is 6.61 Å². The first kappa shape index (κ1) is 18.4. The predicted molar refractivity (Wildman–Crippen MR) is 55.2 cm³/mol. The molecule has 0 unspecified atom stereocenters. The van der Waals surface area contributed by atoms with Crippen LogP contribution in [0.5, 0.6) is 0 Å². The minimum absolute atomic E-state index is 0.824. The Balaban J connectivity index is 4.14. The van der Waals surface area contributed by atoms with Crippen molar-refractivity contribution in [3.05, 3.63) is 0 Å². The number of halogens is 5. The summed E-state index contributed by atoms with van der Waals surface area (Å²) in [6.45, 7) is 4.24. The molecule has 0 bridgehead atoms. The molecule has 0 aromatic heterocycles. The van der Waals surface area contributed by atoms with Gasteiger partial charge in [0, 0.05) is 0 Å². The van der Waals surface area contributed by atoms with Gasteiger partial charge in [-0.3, -0.25) is 0 Å². The van der Waals surface area contributed by atoms with E-state index < -0.39 is 44.9 Å². The Bertz CT molecular complexity index is 233. The maximum absolute atomic E-state index is 12.5. The number of alkyl halides is 5. The quantitative estimate of drug-likeness (QED) is 0.374. The minimum atomic E-state index is -5.55. The Kier molecular flexibility index (Phi) is 7.43. The van der Waals surface area contributed by atoms with E-state index in [1.807, 2.05) is 20.8 Å². The molecule has 106 valence electrons. The van der Waals surface area contributed by atoms with Crippen LogP contribution in [0.1, 0.15) is 20.8 Å². The first-order valence-electron chi connectivity index (χ1n) is 5.80. The van der Waals surface area contributed by atoms with Crippen molar-refractivity contribution in [2.24, 2.45) is 0 Å². The molecule has 0 aromatic rings. The number of hydrogen-bond acceptors (Lipinski definition) is 2. The van der Waals surface area contributed by atoms with Crippen LogP contribution in [0, 0.1) is 0 Å². The first-order chi connectivity index (χ1) is 8.14. The van der Waals surface area contributed by atoms with Gasteiger partial charge in [-0.2, -0.15) is 0 Å². The van der Waals surface area contributed by atoms with Crippen molar-refractivity contribution in [2.45, 2.75) is 51.0 Å². The second-order valence-electron chi connectivity index (χ2n) is 4.06. The van der Waals surface area contributed by atoms with Crippen LogP contribution < -0.4 is 0 Å². The molecule has 0 rings (SSSR count). The number of hydrogen-bond donors (Lipinski definition) is 0. The summed E-state index contributed by atoms with van der Waals surface area (Å²) >= 11 is -2.23. The standard InChI is InChI=1S/C6H15OSi.C3H2F5O.Zn/c1-4-8(7,5-2)6-3;4-2(5,1-9)3(6,7)8;/h4-6H2,1-3H3;1H2;/q2*-1;+2. The third-order valence-corrected chi connectivity index (χ3v) is 13.0. The van der Waals surface area contributed by atoms with E-state index >= 15 is 0 Å². The zero-order chi connectivity index (χ0) is 14.4. The average Bonchev–Trinajstić information content (AvgIpc) is 2.29. The van der Waals surface area contributed by atoms with Gasteiger partial charge in [0.2, 0.25) is 0 Å². The molecule has 9 heteroatoms. The normalized spacial score (nSPS) is 13.6. The molecule has 0 aliphatic rings. The fourth-order valence-corrected chi connectivity index (χ4v) is 10.6. The summed E-state index contributed by atoms with van der Waals surface area (Å²) in [5.41, 5.74) is 0. The monoisotopic (exact) mass is 344 g/mol. The van der Waals surface area contributed by atoms with Crippen molar-refractivity contribution in [3.63, 3.8) is 0 Å². The molecule has 0 N–H and O–H groups in total. The molecule has 0 amide bonds. The number of rotatable bonds is 8. The third-order valence-electron chi connectivity index (χ3n) is 3.08. The molecule has 0 aliphatic heterocycles. The van der Waals surface area contributed by atoms with Crippen LogP contribution in [0.2, 0.25) is 18.1 Å². The second kappa shape index (κ2) is 7.26. The van der Waals surface area contributed by atoms with E-state index in [1.54, 1.807) is 0 Å². The van der Waals surface area contributed by atoms with Crippen molar-refractivity contribution in [3.8, 4) is 0 Å². The Morgan fingerprint density at radius 2 is 1.39 bits per heavy atom. The summed E-state index contributed by atoms with van der Waals surface area (Å²) in [7, 11) is -1.93. The summed E-state index contributed by atoms with van der Waals surface area (Å²) < 4.78 is 70.7. The van der Waals surface area contributed by atoms with Gasteiger partial charge in [0.05, 0.1) is 0 Å². The van der Waals surface area contributed by atoms with E-state index in [4.69, 9.17) is 3.25 Å². The van der Waals surface area contributed by atoms with Gasteiger partial charge < -0.3 is 0 Å². The molecule has 0 aliphatic carbocycles. The van der Waals surface area contributed by atoms with Gasteiger partial charge in [-0.05, 0) is 0 Å². The molecule has 0 saturated heterocycles. The Labute approximate surface area is 113 Å². The summed E-state index contributed by atoms with van der Waals surface area (Å²) in [6.07, 6.45) is -5.55. The van der Waals surface area contributed by atoms with E-state index in [-0.39, 0.29) is 0 Å². The van der Waals surface area contributed by atoms with Gasteiger partial charge in [-0.1, -0.05) is 0 Å². The molecular formula is C9H17F5O2SiZn. The van der Waals surface area contributed by atoms with E-state index in [0.29, 0.717) is 0 Å². The molecule has 0 fully saturated rings. The van der Waals surface area contributed by atoms with Crippen LogP contribution in [0.3, 0.4) is 0 Å². The molecule has 0 atom stereocenters. The summed E-state index contributed by atoms with van der Waals surface area (Å²) in [5, 5.41) is 0. The van der Waals surface area contributed by atoms with Crippen molar-refractivity contribution in [1.82, 2.24) is 0 Å². The predicted octanol–water partition coefficient (Wildman–Crippen LogP) is 4.13. The van der Waals surface area contributed by atoms with E-state index in [2.05, 4.69) is 3.56 Å². The molecular weight excluding hydrogens is 329 g/mol. The van der Waals surface area contributed by atoms with Crippen LogP contribution in [0.15, 0.2) is 0 Å². The topological polar surface area (TPSA) is 18.5 Å². The van der Waals surface area contributed by atoms with Crippen LogP contribution >= 0.6 is 0 Å². The van der Waals surface area contributed by atoms with Gasteiger partial charge in [-0.15, -0.1) is 0 Å². The molecule has 0 heterocycles. The maximum atomic E-state index is 12.5. The molecule has 18 heavy (non-hydrogen) atoms. The SMILES string of the molecule is CC[Si](CC)(CC)[O][Zn][O]CC(F)(F)C(F)(F)F. The Hall–Kier alpha value is 0.410. The van der Waals surface area contributed by atoms with Gasteiger partial charge in [0.1, 0.15) is 0 Å². The fraction of sp³-hybridized carbons (Fsp3) is 1.00. The second-order valence-corrected chi connectivity index (χ2v) is 12.0. The average molecular weight is 346 g/mol. The van der Waals surface area contributed by atoms with Gasteiger partial charge in [0.25, 0.3) is 0 Å². The zero-order valence-corrected chi connectivity index (χ0v) is 14.7. The van der Waals surface area contributed by atoms with E-state index in [1.165, 1.54) is 0 Å². The third kappa shape index (κ3) is 5.19. The van der Waals surface area contributed by atoms with Gasteiger partial charge in [-0.25, -0.2) is 0 Å². The Morgan fingerprint density at radius 1 is 0.944 bits per heavy atom.